The number of nitrogens with one attached hydrogen (secondary N) is 1. The van der Waals surface area contributed by atoms with Crippen LogP contribution in [0.4, 0.5) is 9.18 Å². The smallest absolute Gasteiger partial charge is 0.411 e. The minimum atomic E-state index is -1.61. The number of aliphatic hydroxyl groups is 2. The molecule has 1 heterocycles. The summed E-state index contributed by atoms with van der Waals surface area (Å²) in [4.78, 5) is 26.1. The predicted molar refractivity (Wildman–Crippen MR) is 96.6 cm³/mol. The summed E-state index contributed by atoms with van der Waals surface area (Å²) in [5, 5.41) is 22.2. The van der Waals surface area contributed by atoms with Crippen molar-refractivity contribution in [2.45, 2.75) is 51.0 Å². The van der Waals surface area contributed by atoms with Crippen molar-refractivity contribution in [2.75, 3.05) is 13.2 Å². The van der Waals surface area contributed by atoms with Gasteiger partial charge in [0.25, 0.3) is 0 Å². The molecule has 9 heteroatoms. The lowest BCUT2D eigenvalue weighted by Crippen LogP contribution is -2.47. The average Bonchev–Trinajstić information content (AvgIpc) is 2.93. The lowest BCUT2D eigenvalue weighted by Gasteiger charge is -2.28. The van der Waals surface area contributed by atoms with Gasteiger partial charge in [0.2, 0.25) is 5.91 Å². The highest BCUT2D eigenvalue weighted by Crippen LogP contribution is 2.29. The Bertz CT molecular complexity index is 724. The molecule has 1 fully saturated rings. The first-order valence-electron chi connectivity index (χ1n) is 8.49. The monoisotopic (exact) mass is 402 g/mol. The van der Waals surface area contributed by atoms with E-state index >= 15 is 0 Å². The Morgan fingerprint density at radius 1 is 1.44 bits per heavy atom. The van der Waals surface area contributed by atoms with E-state index in [0.717, 1.165) is 4.90 Å². The summed E-state index contributed by atoms with van der Waals surface area (Å²) < 4.78 is 19.2. The number of aliphatic hydroxyl groups excluding tert-OH is 1. The molecule has 0 saturated carbocycles. The number of rotatable bonds is 4. The van der Waals surface area contributed by atoms with Gasteiger partial charge in [0.05, 0.1) is 18.2 Å². The summed E-state index contributed by atoms with van der Waals surface area (Å²) in [6.07, 6.45) is -0.937. The van der Waals surface area contributed by atoms with Gasteiger partial charge in [-0.15, -0.1) is 0 Å². The van der Waals surface area contributed by atoms with Crippen molar-refractivity contribution in [1.29, 1.82) is 0 Å². The van der Waals surface area contributed by atoms with Gasteiger partial charge in [-0.1, -0.05) is 23.7 Å². The lowest BCUT2D eigenvalue weighted by molar-refractivity contribution is -0.125. The van der Waals surface area contributed by atoms with Crippen LogP contribution in [0.2, 0.25) is 5.02 Å². The number of hydrogen-bond donors (Lipinski definition) is 3. The molecule has 27 heavy (non-hydrogen) atoms. The van der Waals surface area contributed by atoms with Crippen molar-refractivity contribution in [3.63, 3.8) is 0 Å². The Morgan fingerprint density at radius 3 is 2.70 bits per heavy atom. The van der Waals surface area contributed by atoms with Gasteiger partial charge < -0.3 is 20.3 Å². The van der Waals surface area contributed by atoms with Gasteiger partial charge in [-0.05, 0) is 26.8 Å². The number of hydrogen-bond acceptors (Lipinski definition) is 5. The summed E-state index contributed by atoms with van der Waals surface area (Å²) in [6.45, 7) is 4.03. The predicted octanol–water partition coefficient (Wildman–Crippen LogP) is 1.83. The zero-order valence-electron chi connectivity index (χ0n) is 15.5. The molecule has 0 aromatic heterocycles. The third-order valence-corrected chi connectivity index (χ3v) is 4.42. The zero-order valence-corrected chi connectivity index (χ0v) is 16.2. The fraction of sp³-hybridized carbons (Fsp3) is 0.556. The number of ether oxygens (including phenoxy) is 1. The van der Waals surface area contributed by atoms with Crippen molar-refractivity contribution in [2.24, 2.45) is 0 Å². The fourth-order valence-corrected chi connectivity index (χ4v) is 3.00. The SMILES string of the molecule is CC(C)(C)OC(=O)N1C[C@](O)(CO)C[C@H]1C(=O)NCc1cccc(Cl)c1F. The van der Waals surface area contributed by atoms with Gasteiger partial charge in [0.1, 0.15) is 23.1 Å². The van der Waals surface area contributed by atoms with Crippen LogP contribution in [0.1, 0.15) is 32.8 Å². The highest BCUT2D eigenvalue weighted by Gasteiger charge is 2.48. The van der Waals surface area contributed by atoms with Crippen LogP contribution < -0.4 is 5.32 Å². The first-order valence-corrected chi connectivity index (χ1v) is 8.87. The molecule has 1 saturated heterocycles. The van der Waals surface area contributed by atoms with Gasteiger partial charge >= 0.3 is 6.09 Å². The van der Waals surface area contributed by atoms with Crippen molar-refractivity contribution < 1.29 is 28.9 Å². The summed E-state index contributed by atoms with van der Waals surface area (Å²) in [5.41, 5.74) is -2.21. The molecule has 1 aromatic rings. The number of likely N-dealkylation sites (tertiary alicyclic amines) is 1. The normalized spacial score (nSPS) is 22.6. The zero-order chi connectivity index (χ0) is 20.4. The molecule has 2 atom stereocenters. The summed E-state index contributed by atoms with van der Waals surface area (Å²) >= 11 is 5.72. The number of benzene rings is 1. The van der Waals surface area contributed by atoms with Gasteiger partial charge in [0, 0.05) is 18.5 Å². The molecule has 150 valence electrons. The van der Waals surface area contributed by atoms with E-state index < -0.39 is 41.7 Å². The quantitative estimate of drug-likeness (QED) is 0.713. The fourth-order valence-electron chi connectivity index (χ4n) is 2.81. The number of amides is 2. The minimum Gasteiger partial charge on any atom is -0.444 e. The molecule has 2 amide bonds. The second-order valence-corrected chi connectivity index (χ2v) is 8.05. The molecule has 0 radical (unpaired) electrons. The van der Waals surface area contributed by atoms with Crippen LogP contribution in [0.15, 0.2) is 18.2 Å². The van der Waals surface area contributed by atoms with Crippen LogP contribution in [0.3, 0.4) is 0 Å². The topological polar surface area (TPSA) is 99.1 Å². The van der Waals surface area contributed by atoms with Crippen molar-refractivity contribution in [3.8, 4) is 0 Å². The average molecular weight is 403 g/mol. The first kappa shape index (κ1) is 21.4. The molecule has 1 aromatic carbocycles. The highest BCUT2D eigenvalue weighted by molar-refractivity contribution is 6.30. The van der Waals surface area contributed by atoms with Crippen molar-refractivity contribution in [1.82, 2.24) is 10.2 Å². The standard InChI is InChI=1S/C18H24ClFN2O5/c1-17(2,3)27-16(25)22-9-18(26,10-23)7-13(22)15(24)21-8-11-5-4-6-12(19)14(11)20/h4-6,13,23,26H,7-10H2,1-3H3,(H,21,24)/t13-,18-/m0/s1. The van der Waals surface area contributed by atoms with E-state index in [-0.39, 0.29) is 30.1 Å². The van der Waals surface area contributed by atoms with Crippen LogP contribution in [0.25, 0.3) is 0 Å². The van der Waals surface area contributed by atoms with E-state index in [1.165, 1.54) is 12.1 Å². The molecule has 2 rings (SSSR count). The van der Waals surface area contributed by atoms with Crippen molar-refractivity contribution in [3.05, 3.63) is 34.6 Å². The van der Waals surface area contributed by atoms with E-state index in [1.54, 1.807) is 26.8 Å². The second-order valence-electron chi connectivity index (χ2n) is 7.64. The molecule has 0 spiro atoms. The number of nitrogens with zero attached hydrogens (tertiary/aromatic N) is 1. The summed E-state index contributed by atoms with van der Waals surface area (Å²) in [6, 6.07) is 3.37. The molecule has 7 nitrogen and oxygen atoms in total. The largest absolute Gasteiger partial charge is 0.444 e. The number of β-amino-alcohol motifs (C(OH)–C–C–N with tert-alkyl or cyclic N) is 1. The maximum absolute atomic E-state index is 14.0. The maximum atomic E-state index is 14.0. The van der Waals surface area contributed by atoms with Crippen LogP contribution in [-0.2, 0) is 16.1 Å². The van der Waals surface area contributed by atoms with E-state index in [1.807, 2.05) is 0 Å². The van der Waals surface area contributed by atoms with Gasteiger partial charge in [0.15, 0.2) is 0 Å². The Hall–Kier alpha value is -1.90. The van der Waals surface area contributed by atoms with Crippen molar-refractivity contribution >= 4 is 23.6 Å². The van der Waals surface area contributed by atoms with Crippen LogP contribution >= 0.6 is 11.6 Å². The molecule has 1 aliphatic heterocycles. The molecule has 0 bridgehead atoms. The Morgan fingerprint density at radius 2 is 2.11 bits per heavy atom. The van der Waals surface area contributed by atoms with E-state index in [2.05, 4.69) is 5.32 Å². The van der Waals surface area contributed by atoms with Crippen LogP contribution in [0.5, 0.6) is 0 Å². The number of carbonyl (C=O) groups excluding carboxylic acids is 2. The van der Waals surface area contributed by atoms with Crippen LogP contribution in [-0.4, -0.2) is 57.5 Å². The molecule has 0 aliphatic carbocycles. The first-order chi connectivity index (χ1) is 12.5. The van der Waals surface area contributed by atoms with E-state index in [0.29, 0.717) is 0 Å². The van der Waals surface area contributed by atoms with E-state index in [9.17, 15) is 24.2 Å². The minimum absolute atomic E-state index is 0.0624. The Labute approximate surface area is 162 Å². The van der Waals surface area contributed by atoms with E-state index in [4.69, 9.17) is 16.3 Å². The Kier molecular flexibility index (Phi) is 6.34. The summed E-state index contributed by atoms with van der Waals surface area (Å²) in [5.74, 6) is -1.23. The number of halogens is 2. The molecule has 0 unspecified atom stereocenters. The third-order valence-electron chi connectivity index (χ3n) is 4.12. The lowest BCUT2D eigenvalue weighted by atomic mass is 10.0. The van der Waals surface area contributed by atoms with Gasteiger partial charge in [-0.2, -0.15) is 0 Å². The van der Waals surface area contributed by atoms with Crippen LogP contribution in [0, 0.1) is 5.82 Å². The summed E-state index contributed by atoms with van der Waals surface area (Å²) in [7, 11) is 0. The molecular weight excluding hydrogens is 379 g/mol. The Balaban J connectivity index is 2.13. The molecule has 3 N–H and O–H groups in total. The van der Waals surface area contributed by atoms with Gasteiger partial charge in [-0.25, -0.2) is 9.18 Å². The maximum Gasteiger partial charge on any atom is 0.411 e. The molecule has 1 aliphatic rings. The molecular formula is C18H24ClFN2O5. The highest BCUT2D eigenvalue weighted by atomic mass is 35.5. The third kappa shape index (κ3) is 5.31. The number of carbonyl (C=O) groups is 2. The van der Waals surface area contributed by atoms with Gasteiger partial charge in [-0.3, -0.25) is 9.69 Å². The second kappa shape index (κ2) is 8.00.